The molecule has 58 valence electrons. The summed E-state index contributed by atoms with van der Waals surface area (Å²) >= 11 is 0. The summed E-state index contributed by atoms with van der Waals surface area (Å²) in [6, 6.07) is 0. The Morgan fingerprint density at radius 3 is 2.90 bits per heavy atom. The number of rotatable bonds is 1. The maximum atomic E-state index is 5.35. The van der Waals surface area contributed by atoms with Gasteiger partial charge in [-0.1, -0.05) is 6.92 Å². The van der Waals surface area contributed by atoms with Gasteiger partial charge in [0.25, 0.3) is 0 Å². The Kier molecular flexibility index (Phi) is 1.94. The predicted octanol–water partition coefficient (Wildman–Crippen LogP) is 1.11. The largest absolute Gasteiger partial charge is 0.268 e. The van der Waals surface area contributed by atoms with Crippen molar-refractivity contribution in [2.45, 2.75) is 32.8 Å². The van der Waals surface area contributed by atoms with Crippen molar-refractivity contribution in [1.82, 2.24) is 5.48 Å². The first-order valence-corrected chi connectivity index (χ1v) is 3.61. The molecule has 1 aliphatic heterocycles. The van der Waals surface area contributed by atoms with Crippen LogP contribution in [0, 0.1) is 0 Å². The van der Waals surface area contributed by atoms with Gasteiger partial charge in [-0.2, -0.15) is 0 Å². The van der Waals surface area contributed by atoms with Crippen LogP contribution in [0.25, 0.3) is 0 Å². The van der Waals surface area contributed by atoms with Crippen molar-refractivity contribution in [3.63, 3.8) is 0 Å². The summed E-state index contributed by atoms with van der Waals surface area (Å²) in [6.07, 6.45) is 0.983. The van der Waals surface area contributed by atoms with E-state index in [9.17, 15) is 0 Å². The predicted molar refractivity (Wildman–Crippen MR) is 40.9 cm³/mol. The Bertz CT molecular complexity index is 156. The SMILES string of the molecule is CCC1(C)CN=C(C)NO1. The number of aliphatic imine (C=N–C) groups is 1. The molecule has 1 N–H and O–H groups in total. The molecule has 0 aromatic heterocycles. The highest BCUT2D eigenvalue weighted by molar-refractivity contribution is 5.78. The van der Waals surface area contributed by atoms with Crippen molar-refractivity contribution in [1.29, 1.82) is 0 Å². The van der Waals surface area contributed by atoms with Crippen molar-refractivity contribution in [2.75, 3.05) is 6.54 Å². The molecule has 0 spiro atoms. The Labute approximate surface area is 61.4 Å². The molecule has 0 aromatic rings. The molecule has 0 fully saturated rings. The van der Waals surface area contributed by atoms with Gasteiger partial charge >= 0.3 is 0 Å². The van der Waals surface area contributed by atoms with Crippen LogP contribution in [0.1, 0.15) is 27.2 Å². The van der Waals surface area contributed by atoms with E-state index in [4.69, 9.17) is 4.84 Å². The second kappa shape index (κ2) is 2.58. The molecule has 1 unspecified atom stereocenters. The standard InChI is InChI=1S/C7H14N2O/c1-4-7(3)5-8-6(2)9-10-7/h4-5H2,1-3H3,(H,8,9). The fraction of sp³-hybridized carbons (Fsp3) is 0.857. The normalized spacial score (nSPS) is 32.9. The van der Waals surface area contributed by atoms with E-state index in [1.165, 1.54) is 0 Å². The third kappa shape index (κ3) is 1.48. The number of amidine groups is 1. The van der Waals surface area contributed by atoms with Gasteiger partial charge in [-0.3, -0.25) is 15.3 Å². The molecule has 0 radical (unpaired) electrons. The lowest BCUT2D eigenvalue weighted by Crippen LogP contribution is -2.43. The molecular formula is C7H14N2O. The summed E-state index contributed by atoms with van der Waals surface area (Å²) in [6.45, 7) is 6.81. The third-order valence-electron chi connectivity index (χ3n) is 1.84. The van der Waals surface area contributed by atoms with Crippen LogP contribution in [-0.2, 0) is 4.84 Å². The van der Waals surface area contributed by atoms with E-state index in [1.54, 1.807) is 0 Å². The Morgan fingerprint density at radius 2 is 2.50 bits per heavy atom. The smallest absolute Gasteiger partial charge is 0.117 e. The van der Waals surface area contributed by atoms with Crippen LogP contribution in [0.4, 0.5) is 0 Å². The average molecular weight is 142 g/mol. The number of nitrogens with one attached hydrogen (secondary N) is 1. The Hall–Kier alpha value is -0.570. The van der Waals surface area contributed by atoms with Crippen LogP contribution in [0.3, 0.4) is 0 Å². The maximum absolute atomic E-state index is 5.35. The molecular weight excluding hydrogens is 128 g/mol. The lowest BCUT2D eigenvalue weighted by molar-refractivity contribution is -0.0727. The average Bonchev–Trinajstić information content (AvgIpc) is 1.96. The lowest BCUT2D eigenvalue weighted by atomic mass is 10.0. The van der Waals surface area contributed by atoms with E-state index in [0.29, 0.717) is 0 Å². The van der Waals surface area contributed by atoms with Crippen LogP contribution in [0.15, 0.2) is 4.99 Å². The summed E-state index contributed by atoms with van der Waals surface area (Å²) in [4.78, 5) is 9.58. The Morgan fingerprint density at radius 1 is 1.80 bits per heavy atom. The molecule has 0 aliphatic carbocycles. The van der Waals surface area contributed by atoms with E-state index >= 15 is 0 Å². The first-order chi connectivity index (χ1) is 4.66. The zero-order chi connectivity index (χ0) is 7.61. The molecule has 0 aromatic carbocycles. The van der Waals surface area contributed by atoms with E-state index in [1.807, 2.05) is 6.92 Å². The van der Waals surface area contributed by atoms with Gasteiger partial charge in [0.2, 0.25) is 0 Å². The molecule has 0 amide bonds. The topological polar surface area (TPSA) is 33.6 Å². The zero-order valence-electron chi connectivity index (χ0n) is 6.77. The van der Waals surface area contributed by atoms with Crippen molar-refractivity contribution in [3.8, 4) is 0 Å². The third-order valence-corrected chi connectivity index (χ3v) is 1.84. The fourth-order valence-electron chi connectivity index (χ4n) is 0.731. The van der Waals surface area contributed by atoms with E-state index in [-0.39, 0.29) is 5.60 Å². The minimum absolute atomic E-state index is 0.0977. The van der Waals surface area contributed by atoms with Crippen molar-refractivity contribution < 1.29 is 4.84 Å². The van der Waals surface area contributed by atoms with Crippen LogP contribution >= 0.6 is 0 Å². The quantitative estimate of drug-likeness (QED) is 0.595. The van der Waals surface area contributed by atoms with E-state index in [2.05, 4.69) is 24.3 Å². The first kappa shape index (κ1) is 7.54. The minimum Gasteiger partial charge on any atom is -0.268 e. The fourth-order valence-corrected chi connectivity index (χ4v) is 0.731. The summed E-state index contributed by atoms with van der Waals surface area (Å²) < 4.78 is 0. The van der Waals surface area contributed by atoms with Gasteiger partial charge in [0, 0.05) is 0 Å². The van der Waals surface area contributed by atoms with E-state index < -0.39 is 0 Å². The van der Waals surface area contributed by atoms with Gasteiger partial charge in [0.15, 0.2) is 0 Å². The second-order valence-corrected chi connectivity index (χ2v) is 2.91. The summed E-state index contributed by atoms with van der Waals surface area (Å²) in [7, 11) is 0. The van der Waals surface area contributed by atoms with Gasteiger partial charge in [-0.25, -0.2) is 0 Å². The first-order valence-electron chi connectivity index (χ1n) is 3.61. The summed E-state index contributed by atoms with van der Waals surface area (Å²) in [5, 5.41) is 0. The highest BCUT2D eigenvalue weighted by Gasteiger charge is 2.26. The van der Waals surface area contributed by atoms with Gasteiger partial charge in [-0.15, -0.1) is 0 Å². The lowest BCUT2D eigenvalue weighted by Gasteiger charge is -2.30. The van der Waals surface area contributed by atoms with Crippen LogP contribution in [0.2, 0.25) is 0 Å². The number of nitrogens with zero attached hydrogens (tertiary/aromatic N) is 1. The highest BCUT2D eigenvalue weighted by atomic mass is 16.7. The number of hydrogen-bond acceptors (Lipinski definition) is 3. The van der Waals surface area contributed by atoms with Crippen molar-refractivity contribution in [3.05, 3.63) is 0 Å². The summed E-state index contributed by atoms with van der Waals surface area (Å²) in [5.41, 5.74) is 2.68. The van der Waals surface area contributed by atoms with Crippen LogP contribution in [0.5, 0.6) is 0 Å². The highest BCUT2D eigenvalue weighted by Crippen LogP contribution is 2.16. The van der Waals surface area contributed by atoms with Crippen molar-refractivity contribution >= 4 is 5.84 Å². The molecule has 1 aliphatic rings. The molecule has 0 saturated carbocycles. The molecule has 1 heterocycles. The molecule has 3 nitrogen and oxygen atoms in total. The molecule has 1 atom stereocenters. The van der Waals surface area contributed by atoms with Crippen molar-refractivity contribution in [2.24, 2.45) is 4.99 Å². The Balaban J connectivity index is 2.56. The van der Waals surface area contributed by atoms with Gasteiger partial charge in [0.05, 0.1) is 6.54 Å². The summed E-state index contributed by atoms with van der Waals surface area (Å²) in [5.74, 6) is 0.867. The van der Waals surface area contributed by atoms with E-state index in [0.717, 1.165) is 18.8 Å². The molecule has 0 saturated heterocycles. The minimum atomic E-state index is -0.0977. The molecule has 3 heteroatoms. The molecule has 10 heavy (non-hydrogen) atoms. The molecule has 1 rings (SSSR count). The van der Waals surface area contributed by atoms with Gasteiger partial charge in [-0.05, 0) is 20.3 Å². The van der Waals surface area contributed by atoms with Crippen LogP contribution < -0.4 is 5.48 Å². The monoisotopic (exact) mass is 142 g/mol. The molecule has 0 bridgehead atoms. The number of hydrogen-bond donors (Lipinski definition) is 1. The number of hydroxylamine groups is 1. The van der Waals surface area contributed by atoms with Gasteiger partial charge < -0.3 is 0 Å². The zero-order valence-corrected chi connectivity index (χ0v) is 6.77. The maximum Gasteiger partial charge on any atom is 0.117 e. The second-order valence-electron chi connectivity index (χ2n) is 2.91. The van der Waals surface area contributed by atoms with Crippen LogP contribution in [-0.4, -0.2) is 18.0 Å². The van der Waals surface area contributed by atoms with Gasteiger partial charge in [0.1, 0.15) is 11.4 Å².